The fourth-order valence-electron chi connectivity index (χ4n) is 6.43. The summed E-state index contributed by atoms with van der Waals surface area (Å²) < 4.78 is 11.2. The van der Waals surface area contributed by atoms with Crippen LogP contribution in [0.2, 0.25) is 5.02 Å². The number of H-pyrrole nitrogens is 1. The number of nitrogens with zero attached hydrogens (tertiary/aromatic N) is 4. The molecule has 3 aromatic carbocycles. The summed E-state index contributed by atoms with van der Waals surface area (Å²) >= 11 is 6.70. The van der Waals surface area contributed by atoms with Gasteiger partial charge in [0.2, 0.25) is 6.79 Å². The molecule has 0 amide bonds. The topological polar surface area (TPSA) is 73.9 Å². The molecule has 0 aliphatic carbocycles. The van der Waals surface area contributed by atoms with Crippen molar-refractivity contribution in [2.45, 2.75) is 19.4 Å². The highest BCUT2D eigenvalue weighted by Crippen LogP contribution is 2.44. The van der Waals surface area contributed by atoms with Crippen molar-refractivity contribution in [3.8, 4) is 11.5 Å². The van der Waals surface area contributed by atoms with Crippen LogP contribution in [0, 0.1) is 6.92 Å². The molecule has 1 aromatic heterocycles. The Kier molecular flexibility index (Phi) is 6.90. The van der Waals surface area contributed by atoms with E-state index in [1.54, 1.807) is 6.33 Å². The summed E-state index contributed by atoms with van der Waals surface area (Å²) in [5.41, 5.74) is 6.56. The van der Waals surface area contributed by atoms with Crippen LogP contribution < -0.4 is 9.47 Å². The number of likely N-dealkylation sites (N-methyl/N-ethyl adjacent to an activating group) is 1. The van der Waals surface area contributed by atoms with Crippen LogP contribution >= 0.6 is 11.6 Å². The Morgan fingerprint density at radius 3 is 2.64 bits per heavy atom. The van der Waals surface area contributed by atoms with Crippen molar-refractivity contribution in [1.29, 1.82) is 0 Å². The van der Waals surface area contributed by atoms with Gasteiger partial charge in [0.1, 0.15) is 5.70 Å². The molecule has 0 radical (unpaired) electrons. The van der Waals surface area contributed by atoms with Gasteiger partial charge < -0.3 is 29.2 Å². The van der Waals surface area contributed by atoms with Crippen LogP contribution in [0.15, 0.2) is 72.3 Å². The van der Waals surface area contributed by atoms with Gasteiger partial charge in [-0.05, 0) is 66.6 Å². The van der Waals surface area contributed by atoms with Gasteiger partial charge >= 0.3 is 0 Å². The second-order valence-electron chi connectivity index (χ2n) is 11.2. The number of hydrogen-bond acceptors (Lipinski definition) is 7. The van der Waals surface area contributed by atoms with E-state index in [-0.39, 0.29) is 12.8 Å². The molecule has 42 heavy (non-hydrogen) atoms. The monoisotopic (exact) mass is 581 g/mol. The number of halogens is 1. The molecule has 1 unspecified atom stereocenters. The zero-order valence-corrected chi connectivity index (χ0v) is 24.4. The van der Waals surface area contributed by atoms with E-state index >= 15 is 0 Å². The molecule has 214 valence electrons. The highest BCUT2D eigenvalue weighted by Gasteiger charge is 2.39. The van der Waals surface area contributed by atoms with E-state index in [0.29, 0.717) is 23.7 Å². The number of rotatable bonds is 6. The van der Waals surface area contributed by atoms with Crippen LogP contribution in [0.3, 0.4) is 0 Å². The number of hydrogen-bond donors (Lipinski definition) is 1. The molecule has 1 atom stereocenters. The van der Waals surface area contributed by atoms with E-state index in [4.69, 9.17) is 26.1 Å². The normalized spacial score (nSPS) is 17.8. The van der Waals surface area contributed by atoms with Crippen molar-refractivity contribution in [2.75, 3.05) is 46.6 Å². The predicted molar refractivity (Wildman–Crippen MR) is 163 cm³/mol. The third-order valence-electron chi connectivity index (χ3n) is 8.62. The van der Waals surface area contributed by atoms with Gasteiger partial charge in [-0.15, -0.1) is 0 Å². The Labute approximate surface area is 249 Å². The second-order valence-corrected chi connectivity index (χ2v) is 11.6. The van der Waals surface area contributed by atoms with Crippen LogP contribution in [0.25, 0.3) is 16.3 Å². The summed E-state index contributed by atoms with van der Waals surface area (Å²) in [6.07, 6.45) is 2.34. The average molecular weight is 582 g/mol. The zero-order chi connectivity index (χ0) is 28.8. The number of benzene rings is 3. The highest BCUT2D eigenvalue weighted by molar-refractivity contribution is 6.31. The van der Waals surface area contributed by atoms with E-state index in [1.807, 2.05) is 37.3 Å². The maximum absolute atomic E-state index is 13.0. The summed E-state index contributed by atoms with van der Waals surface area (Å²) in [7, 11) is 2.14. The molecule has 3 aliphatic rings. The molecule has 0 spiro atoms. The van der Waals surface area contributed by atoms with Gasteiger partial charge in [0.05, 0.1) is 23.8 Å². The zero-order valence-electron chi connectivity index (χ0n) is 23.7. The van der Waals surface area contributed by atoms with Crippen molar-refractivity contribution < 1.29 is 14.3 Å². The van der Waals surface area contributed by atoms with E-state index < -0.39 is 0 Å². The quantitative estimate of drug-likeness (QED) is 0.313. The smallest absolute Gasteiger partial charge is 0.231 e. The molecule has 0 saturated carbocycles. The van der Waals surface area contributed by atoms with Gasteiger partial charge in [-0.1, -0.05) is 41.9 Å². The fourth-order valence-corrected chi connectivity index (χ4v) is 6.66. The van der Waals surface area contributed by atoms with Gasteiger partial charge in [-0.2, -0.15) is 0 Å². The Bertz CT molecular complexity index is 1750. The number of nitrogens with one attached hydrogen (secondary N) is 1. The SMILES string of the molecule is Cc1[nH]cnc1C(Cc1ccc2c(c1)OCO2)N1CC(c2cc(Cl)cc3ccccc23)=C(N2CCN(C)CC2)C1=C=O. The van der Waals surface area contributed by atoms with E-state index in [2.05, 4.69) is 56.9 Å². The standard InChI is InChI=1S/C33H32ClN5O3/c1-21-32(36-19-35-21)28(13-22-7-8-30-31(14-22)42-20-41-30)39-17-27(26-16-24(34)15-23-5-3-4-6-25(23)26)33(29(39)18-40)38-11-9-37(2)10-12-38/h3-8,14-16,19,28H,9-13,17,20H2,1-2H3,(H,35,36). The predicted octanol–water partition coefficient (Wildman–Crippen LogP) is 5.23. The second kappa shape index (κ2) is 10.9. The molecule has 4 aromatic rings. The molecular formula is C33H32ClN5O3. The Balaban J connectivity index is 1.36. The summed E-state index contributed by atoms with van der Waals surface area (Å²) in [6, 6.07) is 18.1. The van der Waals surface area contributed by atoms with Crippen molar-refractivity contribution in [2.24, 2.45) is 0 Å². The average Bonchev–Trinajstić information content (AvgIpc) is 3.74. The lowest BCUT2D eigenvalue weighted by atomic mass is 9.96. The van der Waals surface area contributed by atoms with Crippen molar-refractivity contribution in [1.82, 2.24) is 24.7 Å². The van der Waals surface area contributed by atoms with Crippen LogP contribution in [0.5, 0.6) is 11.5 Å². The molecule has 1 fully saturated rings. The largest absolute Gasteiger partial charge is 0.454 e. The lowest BCUT2D eigenvalue weighted by Gasteiger charge is -2.36. The van der Waals surface area contributed by atoms with E-state index in [1.165, 1.54) is 0 Å². The van der Waals surface area contributed by atoms with Gasteiger partial charge in [0.25, 0.3) is 0 Å². The fraction of sp³-hybridized carbons (Fsp3) is 0.303. The molecule has 8 nitrogen and oxygen atoms in total. The van der Waals surface area contributed by atoms with Crippen LogP contribution in [-0.2, 0) is 11.2 Å². The number of aromatic amines is 1. The number of aromatic nitrogens is 2. The van der Waals surface area contributed by atoms with Crippen molar-refractivity contribution in [3.63, 3.8) is 0 Å². The summed E-state index contributed by atoms with van der Waals surface area (Å²) in [6.45, 7) is 6.24. The Morgan fingerprint density at radius 2 is 1.86 bits per heavy atom. The maximum Gasteiger partial charge on any atom is 0.231 e. The number of piperazine rings is 1. The summed E-state index contributed by atoms with van der Waals surface area (Å²) in [5.74, 6) is 3.87. The third-order valence-corrected chi connectivity index (χ3v) is 8.84. The van der Waals surface area contributed by atoms with Gasteiger partial charge in [-0.25, -0.2) is 9.78 Å². The molecular weight excluding hydrogens is 550 g/mol. The molecule has 3 aliphatic heterocycles. The van der Waals surface area contributed by atoms with E-state index in [9.17, 15) is 4.79 Å². The number of ether oxygens (including phenoxy) is 2. The number of aryl methyl sites for hydroxylation is 1. The first kappa shape index (κ1) is 26.7. The lowest BCUT2D eigenvalue weighted by molar-refractivity contribution is 0.174. The molecule has 7 rings (SSSR count). The van der Waals surface area contributed by atoms with Crippen LogP contribution in [0.4, 0.5) is 0 Å². The van der Waals surface area contributed by atoms with E-state index in [0.717, 1.165) is 82.2 Å². The minimum Gasteiger partial charge on any atom is -0.454 e. The summed E-state index contributed by atoms with van der Waals surface area (Å²) in [4.78, 5) is 27.9. The molecule has 4 heterocycles. The Morgan fingerprint density at radius 1 is 1.05 bits per heavy atom. The first-order valence-electron chi connectivity index (χ1n) is 14.3. The first-order valence-corrected chi connectivity index (χ1v) is 14.6. The minimum atomic E-state index is -0.224. The van der Waals surface area contributed by atoms with Gasteiger partial charge in [0.15, 0.2) is 17.4 Å². The van der Waals surface area contributed by atoms with Crippen molar-refractivity contribution in [3.05, 3.63) is 99.9 Å². The minimum absolute atomic E-state index is 0.222. The first-order chi connectivity index (χ1) is 20.5. The van der Waals surface area contributed by atoms with Crippen LogP contribution in [-0.4, -0.2) is 77.2 Å². The highest BCUT2D eigenvalue weighted by atomic mass is 35.5. The van der Waals surface area contributed by atoms with Crippen LogP contribution in [0.1, 0.15) is 28.6 Å². The summed E-state index contributed by atoms with van der Waals surface area (Å²) in [5, 5.41) is 2.85. The molecule has 1 saturated heterocycles. The number of imidazole rings is 1. The van der Waals surface area contributed by atoms with Crippen molar-refractivity contribution >= 4 is 33.9 Å². The number of carbonyl (C=O) groups excluding carboxylic acids is 1. The maximum atomic E-state index is 13.0. The van der Waals surface area contributed by atoms with Gasteiger partial charge in [-0.3, -0.25) is 0 Å². The number of fused-ring (bicyclic) bond motifs is 2. The third kappa shape index (κ3) is 4.71. The van der Waals surface area contributed by atoms with Gasteiger partial charge in [0, 0.05) is 49.0 Å². The molecule has 0 bridgehead atoms. The molecule has 1 N–H and O–H groups in total. The Hall–Kier alpha value is -4.23. The molecule has 9 heteroatoms. The lowest BCUT2D eigenvalue weighted by Crippen LogP contribution is -2.44.